The number of halogens is 2. The van der Waals surface area contributed by atoms with E-state index in [1.54, 1.807) is 24.3 Å². The molecule has 1 amide bonds. The molecule has 10 heteroatoms. The van der Waals surface area contributed by atoms with E-state index < -0.39 is 21.9 Å². The largest absolute Gasteiger partial charge is 0.545 e. The van der Waals surface area contributed by atoms with Crippen LogP contribution in [0.2, 0.25) is 10.0 Å². The van der Waals surface area contributed by atoms with Crippen LogP contribution in [0.4, 0.5) is 11.4 Å². The Morgan fingerprint density at radius 2 is 1.57 bits per heavy atom. The van der Waals surface area contributed by atoms with Crippen LogP contribution in [-0.2, 0) is 10.0 Å². The third-order valence-corrected chi connectivity index (χ3v) is 5.91. The Morgan fingerprint density at radius 1 is 0.867 bits per heavy atom. The highest BCUT2D eigenvalue weighted by molar-refractivity contribution is 7.92. The van der Waals surface area contributed by atoms with E-state index in [-0.39, 0.29) is 26.7 Å². The molecule has 0 radical (unpaired) electrons. The lowest BCUT2D eigenvalue weighted by Crippen LogP contribution is -2.22. The number of hydrogen-bond donors (Lipinski definition) is 2. The highest BCUT2D eigenvalue weighted by Crippen LogP contribution is 2.24. The summed E-state index contributed by atoms with van der Waals surface area (Å²) in [4.78, 5) is 23.3. The van der Waals surface area contributed by atoms with Crippen molar-refractivity contribution in [1.82, 2.24) is 0 Å². The average molecular weight is 464 g/mol. The molecule has 2 N–H and O–H groups in total. The van der Waals surface area contributed by atoms with Crippen molar-refractivity contribution < 1.29 is 23.1 Å². The molecule has 0 fully saturated rings. The molecule has 3 aromatic rings. The number of aromatic carboxylic acids is 1. The van der Waals surface area contributed by atoms with Gasteiger partial charge in [-0.05, 0) is 60.2 Å². The third-order valence-electron chi connectivity index (χ3n) is 3.95. The maximum absolute atomic E-state index is 12.7. The smallest absolute Gasteiger partial charge is 0.261 e. The maximum atomic E-state index is 12.7. The van der Waals surface area contributed by atoms with Gasteiger partial charge in [-0.2, -0.15) is 0 Å². The number of rotatable bonds is 6. The number of carboxylic acid groups (broad SMARTS) is 1. The molecule has 30 heavy (non-hydrogen) atoms. The molecule has 0 atom stereocenters. The minimum atomic E-state index is -4.13. The van der Waals surface area contributed by atoms with Crippen LogP contribution in [-0.4, -0.2) is 20.3 Å². The molecule has 0 unspecified atom stereocenters. The number of hydrogen-bond acceptors (Lipinski definition) is 5. The van der Waals surface area contributed by atoms with Gasteiger partial charge in [0, 0.05) is 16.4 Å². The first-order valence-electron chi connectivity index (χ1n) is 8.36. The van der Waals surface area contributed by atoms with E-state index in [9.17, 15) is 23.1 Å². The second-order valence-corrected chi connectivity index (χ2v) is 8.60. The van der Waals surface area contributed by atoms with Gasteiger partial charge in [-0.15, -0.1) is 0 Å². The quantitative estimate of drug-likeness (QED) is 0.580. The molecule has 7 nitrogen and oxygen atoms in total. The first-order chi connectivity index (χ1) is 14.2. The van der Waals surface area contributed by atoms with Crippen molar-refractivity contribution >= 4 is 56.5 Å². The summed E-state index contributed by atoms with van der Waals surface area (Å²) in [6, 6.07) is 15.1. The fourth-order valence-corrected chi connectivity index (χ4v) is 3.91. The predicted molar refractivity (Wildman–Crippen MR) is 112 cm³/mol. The summed E-state index contributed by atoms with van der Waals surface area (Å²) in [6.45, 7) is 0. The van der Waals surface area contributed by atoms with Gasteiger partial charge in [0.05, 0.1) is 21.5 Å². The number of anilines is 2. The molecule has 0 saturated carbocycles. The van der Waals surface area contributed by atoms with Crippen LogP contribution >= 0.6 is 23.2 Å². The summed E-state index contributed by atoms with van der Waals surface area (Å²) < 4.78 is 27.7. The molecule has 3 rings (SSSR count). The fraction of sp³-hybridized carbons (Fsp3) is 0. The third kappa shape index (κ3) is 5.10. The zero-order valence-electron chi connectivity index (χ0n) is 15.1. The molecule has 0 saturated heterocycles. The van der Waals surface area contributed by atoms with Crippen LogP contribution in [0, 0.1) is 0 Å². The van der Waals surface area contributed by atoms with Crippen molar-refractivity contribution in [1.29, 1.82) is 0 Å². The maximum Gasteiger partial charge on any atom is 0.261 e. The number of benzene rings is 3. The van der Waals surface area contributed by atoms with Gasteiger partial charge < -0.3 is 15.2 Å². The number of carboxylic acids is 1. The van der Waals surface area contributed by atoms with Crippen molar-refractivity contribution in [3.63, 3.8) is 0 Å². The molecule has 0 aliphatic carbocycles. The molecular formula is C20H13Cl2N2O5S-. The Balaban J connectivity index is 1.87. The van der Waals surface area contributed by atoms with Gasteiger partial charge in [-0.1, -0.05) is 35.3 Å². The lowest BCUT2D eigenvalue weighted by molar-refractivity contribution is -0.255. The highest BCUT2D eigenvalue weighted by atomic mass is 35.5. The standard InChI is InChI=1S/C20H14Cl2N2O5S/c21-13-4-6-14(7-5-13)23-19(25)17-11-16(8-9-18(17)22)30(28,29)24-15-3-1-2-12(10-15)20(26)27/h1-11,24H,(H,23,25)(H,26,27)/p-1. The first kappa shape index (κ1) is 21.6. The zero-order chi connectivity index (χ0) is 21.9. The van der Waals surface area contributed by atoms with Gasteiger partial charge in [-0.25, -0.2) is 8.42 Å². The molecular weight excluding hydrogens is 451 g/mol. The average Bonchev–Trinajstić information content (AvgIpc) is 2.69. The van der Waals surface area contributed by atoms with Crippen LogP contribution in [0.25, 0.3) is 0 Å². The van der Waals surface area contributed by atoms with Crippen molar-refractivity contribution in [3.8, 4) is 0 Å². The monoisotopic (exact) mass is 463 g/mol. The van der Waals surface area contributed by atoms with Gasteiger partial charge in [-0.3, -0.25) is 9.52 Å². The normalized spacial score (nSPS) is 11.0. The van der Waals surface area contributed by atoms with Crippen LogP contribution in [0.15, 0.2) is 71.6 Å². The second-order valence-electron chi connectivity index (χ2n) is 6.08. The molecule has 3 aromatic carbocycles. The van der Waals surface area contributed by atoms with E-state index in [1.807, 2.05) is 0 Å². The molecule has 0 bridgehead atoms. The lowest BCUT2D eigenvalue weighted by Gasteiger charge is -2.12. The van der Waals surface area contributed by atoms with Crippen LogP contribution in [0.5, 0.6) is 0 Å². The van der Waals surface area contributed by atoms with E-state index in [0.717, 1.165) is 12.1 Å². The molecule has 0 spiro atoms. The van der Waals surface area contributed by atoms with E-state index in [1.165, 1.54) is 30.3 Å². The highest BCUT2D eigenvalue weighted by Gasteiger charge is 2.19. The second kappa shape index (κ2) is 8.74. The topological polar surface area (TPSA) is 115 Å². The summed E-state index contributed by atoms with van der Waals surface area (Å²) >= 11 is 11.9. The molecule has 0 aliphatic rings. The van der Waals surface area contributed by atoms with E-state index in [4.69, 9.17) is 23.2 Å². The number of amides is 1. The van der Waals surface area contributed by atoms with Crippen LogP contribution in [0.3, 0.4) is 0 Å². The Hall–Kier alpha value is -3.07. The number of carbonyl (C=O) groups is 2. The SMILES string of the molecule is O=C([O-])c1cccc(NS(=O)(=O)c2ccc(Cl)c(C(=O)Nc3ccc(Cl)cc3)c2)c1. The number of nitrogens with one attached hydrogen (secondary N) is 2. The van der Waals surface area contributed by atoms with Crippen molar-refractivity contribution in [2.75, 3.05) is 10.0 Å². The molecule has 0 aromatic heterocycles. The van der Waals surface area contributed by atoms with Gasteiger partial charge in [0.2, 0.25) is 0 Å². The van der Waals surface area contributed by atoms with Crippen LogP contribution in [0.1, 0.15) is 20.7 Å². The Kier molecular flexibility index (Phi) is 6.31. The van der Waals surface area contributed by atoms with Crippen molar-refractivity contribution in [2.24, 2.45) is 0 Å². The minimum absolute atomic E-state index is 0.0267. The first-order valence-corrected chi connectivity index (χ1v) is 10.6. The fourth-order valence-electron chi connectivity index (χ4n) is 2.50. The van der Waals surface area contributed by atoms with Gasteiger partial charge in [0.25, 0.3) is 15.9 Å². The van der Waals surface area contributed by atoms with E-state index in [2.05, 4.69) is 10.0 Å². The summed E-state index contributed by atoms with van der Waals surface area (Å²) in [5.41, 5.74) is 0.233. The van der Waals surface area contributed by atoms with Gasteiger partial charge >= 0.3 is 0 Å². The van der Waals surface area contributed by atoms with Crippen LogP contribution < -0.4 is 15.1 Å². The summed E-state index contributed by atoms with van der Waals surface area (Å²) in [7, 11) is -4.13. The van der Waals surface area contributed by atoms with E-state index in [0.29, 0.717) is 10.7 Å². The van der Waals surface area contributed by atoms with Crippen molar-refractivity contribution in [2.45, 2.75) is 4.90 Å². The van der Waals surface area contributed by atoms with Crippen molar-refractivity contribution in [3.05, 3.63) is 87.9 Å². The van der Waals surface area contributed by atoms with Gasteiger partial charge in [0.15, 0.2) is 0 Å². The lowest BCUT2D eigenvalue weighted by atomic mass is 10.2. The summed E-state index contributed by atoms with van der Waals surface area (Å²) in [5.74, 6) is -2.05. The Bertz CT molecular complexity index is 1230. The predicted octanol–water partition coefficient (Wildman–Crippen LogP) is 3.41. The summed E-state index contributed by atoms with van der Waals surface area (Å²) in [5, 5.41) is 14.1. The number of sulfonamides is 1. The summed E-state index contributed by atoms with van der Waals surface area (Å²) in [6.07, 6.45) is 0. The Morgan fingerprint density at radius 3 is 2.23 bits per heavy atom. The zero-order valence-corrected chi connectivity index (χ0v) is 17.4. The molecule has 0 heterocycles. The minimum Gasteiger partial charge on any atom is -0.545 e. The number of carbonyl (C=O) groups excluding carboxylic acids is 2. The van der Waals surface area contributed by atoms with Gasteiger partial charge in [0.1, 0.15) is 0 Å². The van der Waals surface area contributed by atoms with E-state index >= 15 is 0 Å². The Labute approximate surface area is 182 Å². The molecule has 154 valence electrons. The molecule has 0 aliphatic heterocycles.